The van der Waals surface area contributed by atoms with Crippen LogP contribution in [0.1, 0.15) is 29.6 Å². The van der Waals surface area contributed by atoms with Gasteiger partial charge in [0.05, 0.1) is 11.0 Å². The minimum absolute atomic E-state index is 0.162. The van der Waals surface area contributed by atoms with Gasteiger partial charge in [-0.2, -0.15) is 0 Å². The zero-order valence-corrected chi connectivity index (χ0v) is 9.98. The molecule has 1 aliphatic carbocycles. The Hall–Kier alpha value is -2.04. The second-order valence-corrected chi connectivity index (χ2v) is 4.71. The third kappa shape index (κ3) is 2.16. The largest absolute Gasteiger partial charge is 0.481 e. The summed E-state index contributed by atoms with van der Waals surface area (Å²) in [7, 11) is 0. The lowest BCUT2D eigenvalue weighted by molar-refractivity contribution is -0.153. The molecule has 1 aliphatic rings. The van der Waals surface area contributed by atoms with Crippen LogP contribution in [0.5, 0.6) is 0 Å². The van der Waals surface area contributed by atoms with Gasteiger partial charge in [0.15, 0.2) is 0 Å². The van der Waals surface area contributed by atoms with Crippen molar-refractivity contribution in [3.63, 3.8) is 0 Å². The number of aliphatic carboxylic acids is 1. The van der Waals surface area contributed by atoms with Crippen LogP contribution in [0.2, 0.25) is 0 Å². The highest BCUT2D eigenvalue weighted by atomic mass is 16.4. The van der Waals surface area contributed by atoms with E-state index in [4.69, 9.17) is 10.8 Å². The lowest BCUT2D eigenvalue weighted by atomic mass is 9.69. The number of nitrogens with one attached hydrogen (secondary N) is 1. The van der Waals surface area contributed by atoms with E-state index in [-0.39, 0.29) is 12.5 Å². The van der Waals surface area contributed by atoms with E-state index in [1.807, 2.05) is 0 Å². The van der Waals surface area contributed by atoms with E-state index in [1.165, 1.54) is 0 Å². The molecule has 0 radical (unpaired) electrons. The van der Waals surface area contributed by atoms with E-state index < -0.39 is 11.4 Å². The summed E-state index contributed by atoms with van der Waals surface area (Å²) in [5.41, 5.74) is 5.69. The van der Waals surface area contributed by atoms with Crippen molar-refractivity contribution in [2.24, 2.45) is 5.41 Å². The summed E-state index contributed by atoms with van der Waals surface area (Å²) in [4.78, 5) is 23.0. The van der Waals surface area contributed by atoms with Crippen LogP contribution in [-0.2, 0) is 4.79 Å². The van der Waals surface area contributed by atoms with Gasteiger partial charge in [0.25, 0.3) is 5.91 Å². The number of carbonyl (C=O) groups is 2. The van der Waals surface area contributed by atoms with E-state index in [9.17, 15) is 9.59 Å². The molecule has 0 heterocycles. The number of nitrogen functional groups attached to an aromatic ring is 1. The molecule has 0 saturated heterocycles. The molecule has 0 aromatic heterocycles. The van der Waals surface area contributed by atoms with Crippen molar-refractivity contribution in [1.82, 2.24) is 5.32 Å². The summed E-state index contributed by atoms with van der Waals surface area (Å²) in [5, 5.41) is 11.8. The number of nitrogens with two attached hydrogens (primary N) is 1. The maximum absolute atomic E-state index is 11.9. The van der Waals surface area contributed by atoms with Gasteiger partial charge < -0.3 is 16.2 Å². The number of hydrogen-bond acceptors (Lipinski definition) is 3. The highest BCUT2D eigenvalue weighted by Gasteiger charge is 2.44. The van der Waals surface area contributed by atoms with Gasteiger partial charge in [0.2, 0.25) is 0 Å². The summed E-state index contributed by atoms with van der Waals surface area (Å²) in [6.45, 7) is 0.162. The standard InChI is InChI=1S/C13H16N2O3/c14-10-5-2-1-4-9(10)11(16)15-8-13(12(17)18)6-3-7-13/h1-2,4-5H,3,6-8,14H2,(H,15,16)(H,17,18). The van der Waals surface area contributed by atoms with E-state index in [0.717, 1.165) is 6.42 Å². The highest BCUT2D eigenvalue weighted by Crippen LogP contribution is 2.40. The maximum atomic E-state index is 11.9. The molecule has 1 saturated carbocycles. The molecule has 1 fully saturated rings. The smallest absolute Gasteiger partial charge is 0.311 e. The SMILES string of the molecule is Nc1ccccc1C(=O)NCC1(C(=O)O)CCC1. The van der Waals surface area contributed by atoms with Crippen molar-refractivity contribution >= 4 is 17.6 Å². The molecule has 5 nitrogen and oxygen atoms in total. The van der Waals surface area contributed by atoms with Gasteiger partial charge in [-0.15, -0.1) is 0 Å². The molecule has 4 N–H and O–H groups in total. The third-order valence-electron chi connectivity index (χ3n) is 3.56. The normalized spacial score (nSPS) is 16.7. The first-order valence-corrected chi connectivity index (χ1v) is 5.91. The number of carboxylic acid groups (broad SMARTS) is 1. The molecule has 0 spiro atoms. The first kappa shape index (κ1) is 12.4. The molecular formula is C13H16N2O3. The third-order valence-corrected chi connectivity index (χ3v) is 3.56. The van der Waals surface area contributed by atoms with Crippen LogP contribution in [0.15, 0.2) is 24.3 Å². The molecule has 1 aromatic rings. The Kier molecular flexibility index (Phi) is 3.23. The van der Waals surface area contributed by atoms with Crippen LogP contribution < -0.4 is 11.1 Å². The monoisotopic (exact) mass is 248 g/mol. The van der Waals surface area contributed by atoms with Gasteiger partial charge in [0, 0.05) is 12.2 Å². The van der Waals surface area contributed by atoms with Crippen LogP contribution in [0.4, 0.5) is 5.69 Å². The molecule has 2 rings (SSSR count). The Balaban J connectivity index is 2.01. The zero-order valence-electron chi connectivity index (χ0n) is 9.98. The van der Waals surface area contributed by atoms with E-state index in [1.54, 1.807) is 24.3 Å². The summed E-state index contributed by atoms with van der Waals surface area (Å²) < 4.78 is 0. The second kappa shape index (κ2) is 4.68. The summed E-state index contributed by atoms with van der Waals surface area (Å²) in [5.74, 6) is -1.16. The number of anilines is 1. The van der Waals surface area contributed by atoms with E-state index >= 15 is 0 Å². The van der Waals surface area contributed by atoms with Crippen molar-refractivity contribution < 1.29 is 14.7 Å². The Morgan fingerprint density at radius 1 is 1.33 bits per heavy atom. The maximum Gasteiger partial charge on any atom is 0.311 e. The fourth-order valence-corrected chi connectivity index (χ4v) is 2.12. The fourth-order valence-electron chi connectivity index (χ4n) is 2.12. The lowest BCUT2D eigenvalue weighted by Gasteiger charge is -2.37. The average Bonchev–Trinajstić information content (AvgIpc) is 2.27. The first-order chi connectivity index (χ1) is 8.55. The van der Waals surface area contributed by atoms with Crippen LogP contribution in [0.3, 0.4) is 0 Å². The number of hydrogen-bond donors (Lipinski definition) is 3. The number of para-hydroxylation sites is 1. The Bertz CT molecular complexity index is 481. The predicted molar refractivity (Wildman–Crippen MR) is 67.1 cm³/mol. The first-order valence-electron chi connectivity index (χ1n) is 5.91. The van der Waals surface area contributed by atoms with Gasteiger partial charge in [-0.05, 0) is 25.0 Å². The molecule has 0 atom stereocenters. The molecule has 5 heteroatoms. The number of rotatable bonds is 4. The molecule has 0 aliphatic heterocycles. The van der Waals surface area contributed by atoms with E-state index in [0.29, 0.717) is 24.1 Å². The molecule has 18 heavy (non-hydrogen) atoms. The minimum Gasteiger partial charge on any atom is -0.481 e. The van der Waals surface area contributed by atoms with Crippen molar-refractivity contribution in [1.29, 1.82) is 0 Å². The number of benzene rings is 1. The summed E-state index contributed by atoms with van der Waals surface area (Å²) in [6.07, 6.45) is 2.13. The van der Waals surface area contributed by atoms with Gasteiger partial charge in [-0.25, -0.2) is 0 Å². The zero-order chi connectivity index (χ0) is 13.2. The van der Waals surface area contributed by atoms with Crippen LogP contribution in [0, 0.1) is 5.41 Å². The Morgan fingerprint density at radius 2 is 2.00 bits per heavy atom. The predicted octanol–water partition coefficient (Wildman–Crippen LogP) is 1.25. The summed E-state index contributed by atoms with van der Waals surface area (Å²) >= 11 is 0. The quantitative estimate of drug-likeness (QED) is 0.699. The van der Waals surface area contributed by atoms with Crippen molar-refractivity contribution in [2.75, 3.05) is 12.3 Å². The summed E-state index contributed by atoms with van der Waals surface area (Å²) in [6, 6.07) is 6.74. The lowest BCUT2D eigenvalue weighted by Crippen LogP contribution is -2.47. The van der Waals surface area contributed by atoms with E-state index in [2.05, 4.69) is 5.32 Å². The topological polar surface area (TPSA) is 92.4 Å². The van der Waals surface area contributed by atoms with Gasteiger partial charge in [-0.3, -0.25) is 9.59 Å². The Labute approximate surface area is 105 Å². The van der Waals surface area contributed by atoms with Crippen molar-refractivity contribution in [2.45, 2.75) is 19.3 Å². The van der Waals surface area contributed by atoms with Crippen molar-refractivity contribution in [3.05, 3.63) is 29.8 Å². The van der Waals surface area contributed by atoms with Crippen LogP contribution in [-0.4, -0.2) is 23.5 Å². The van der Waals surface area contributed by atoms with Gasteiger partial charge >= 0.3 is 5.97 Å². The van der Waals surface area contributed by atoms with Crippen LogP contribution in [0.25, 0.3) is 0 Å². The van der Waals surface area contributed by atoms with Gasteiger partial charge in [0.1, 0.15) is 0 Å². The minimum atomic E-state index is -0.838. The number of carbonyl (C=O) groups excluding carboxylic acids is 1. The Morgan fingerprint density at radius 3 is 2.50 bits per heavy atom. The fraction of sp³-hybridized carbons (Fsp3) is 0.385. The highest BCUT2D eigenvalue weighted by molar-refractivity contribution is 5.99. The second-order valence-electron chi connectivity index (χ2n) is 4.71. The molecule has 96 valence electrons. The molecule has 0 unspecified atom stereocenters. The number of amides is 1. The molecular weight excluding hydrogens is 232 g/mol. The number of carboxylic acids is 1. The van der Waals surface area contributed by atoms with Crippen LogP contribution >= 0.6 is 0 Å². The molecule has 0 bridgehead atoms. The van der Waals surface area contributed by atoms with Gasteiger partial charge in [-0.1, -0.05) is 18.6 Å². The molecule has 1 amide bonds. The average molecular weight is 248 g/mol. The van der Waals surface area contributed by atoms with Crippen molar-refractivity contribution in [3.8, 4) is 0 Å². The molecule has 1 aromatic carbocycles.